The first-order chi connectivity index (χ1) is 12.1. The Morgan fingerprint density at radius 3 is 2.46 bits per heavy atom. The number of hydrogen-bond acceptors (Lipinski definition) is 4. The average Bonchev–Trinajstić information content (AvgIpc) is 2.92. The highest BCUT2D eigenvalue weighted by Crippen LogP contribution is 2.75. The van der Waals surface area contributed by atoms with Crippen molar-refractivity contribution in [3.05, 3.63) is 34.9 Å². The minimum Gasteiger partial charge on any atom is -0.481 e. The van der Waals surface area contributed by atoms with Crippen LogP contribution in [0.2, 0.25) is 0 Å². The molecule has 0 radical (unpaired) electrons. The number of aliphatic carboxylic acids is 1. The second-order valence-electron chi connectivity index (χ2n) is 7.83. The Bertz CT molecular complexity index is 738. The van der Waals surface area contributed by atoms with E-state index in [1.54, 1.807) is 13.0 Å². The summed E-state index contributed by atoms with van der Waals surface area (Å²) in [5.74, 6) is -2.03. The summed E-state index contributed by atoms with van der Waals surface area (Å²) in [5, 5.41) is 10.2. The normalized spacial score (nSPS) is 30.8. The zero-order valence-electron chi connectivity index (χ0n) is 16.4. The van der Waals surface area contributed by atoms with Gasteiger partial charge in [0, 0.05) is 23.8 Å². The summed E-state index contributed by atoms with van der Waals surface area (Å²) in [7, 11) is 1.30. The van der Waals surface area contributed by atoms with Crippen LogP contribution in [0.15, 0.2) is 34.9 Å². The molecule has 5 heteroatoms. The monoisotopic (exact) mass is 360 g/mol. The van der Waals surface area contributed by atoms with E-state index in [-0.39, 0.29) is 24.0 Å². The molecule has 0 aromatic rings. The van der Waals surface area contributed by atoms with Gasteiger partial charge in [-0.2, -0.15) is 0 Å². The topological polar surface area (TPSA) is 80.7 Å². The fraction of sp³-hybridized carbons (Fsp3) is 0.571. The van der Waals surface area contributed by atoms with Gasteiger partial charge in [0.15, 0.2) is 5.78 Å². The van der Waals surface area contributed by atoms with Crippen LogP contribution in [0.25, 0.3) is 0 Å². The fourth-order valence-corrected chi connectivity index (χ4v) is 4.78. The summed E-state index contributed by atoms with van der Waals surface area (Å²) in [6.07, 6.45) is 6.27. The molecule has 1 fully saturated rings. The molecule has 3 unspecified atom stereocenters. The second kappa shape index (κ2) is 6.86. The quantitative estimate of drug-likeness (QED) is 0.444. The van der Waals surface area contributed by atoms with Gasteiger partial charge < -0.3 is 9.84 Å². The van der Waals surface area contributed by atoms with Crippen LogP contribution in [0.3, 0.4) is 0 Å². The summed E-state index contributed by atoms with van der Waals surface area (Å²) in [4.78, 5) is 36.7. The Labute approximate surface area is 154 Å². The van der Waals surface area contributed by atoms with Crippen molar-refractivity contribution in [3.8, 4) is 0 Å². The number of carboxylic acids is 1. The second-order valence-corrected chi connectivity index (χ2v) is 7.83. The van der Waals surface area contributed by atoms with Crippen molar-refractivity contribution in [2.75, 3.05) is 7.11 Å². The van der Waals surface area contributed by atoms with Crippen LogP contribution in [0.5, 0.6) is 0 Å². The molecule has 0 aromatic carbocycles. The third-order valence-electron chi connectivity index (χ3n) is 6.36. The first kappa shape index (κ1) is 20.1. The maximum absolute atomic E-state index is 12.5. The fourth-order valence-electron chi connectivity index (χ4n) is 4.78. The van der Waals surface area contributed by atoms with Crippen LogP contribution in [0.1, 0.15) is 47.5 Å². The average molecular weight is 360 g/mol. The van der Waals surface area contributed by atoms with E-state index in [4.69, 9.17) is 4.74 Å². The van der Waals surface area contributed by atoms with Crippen LogP contribution in [-0.2, 0) is 19.1 Å². The van der Waals surface area contributed by atoms with E-state index in [1.807, 2.05) is 39.8 Å². The molecule has 0 spiro atoms. The number of allylic oxidation sites excluding steroid dienone is 5. The maximum atomic E-state index is 12.5. The molecule has 3 atom stereocenters. The number of ether oxygens (including phenoxy) is 1. The maximum Gasteiger partial charge on any atom is 0.333 e. The third kappa shape index (κ3) is 2.74. The SMILES string of the molecule is CC=CCC1=C(C)C(C2(C(=O)O)C(C=C(C)C(=O)OC)C2(C)C)CC1=O. The van der Waals surface area contributed by atoms with Crippen LogP contribution in [0.4, 0.5) is 0 Å². The lowest BCUT2D eigenvalue weighted by Gasteiger charge is -2.24. The molecule has 142 valence electrons. The van der Waals surface area contributed by atoms with E-state index < -0.39 is 22.8 Å². The summed E-state index contributed by atoms with van der Waals surface area (Å²) in [5.41, 5.74) is 0.351. The summed E-state index contributed by atoms with van der Waals surface area (Å²) < 4.78 is 4.74. The Kier molecular flexibility index (Phi) is 5.31. The minimum atomic E-state index is -1.08. The number of carboxylic acid groups (broad SMARTS) is 1. The van der Waals surface area contributed by atoms with Gasteiger partial charge in [0.1, 0.15) is 0 Å². The predicted molar refractivity (Wildman–Crippen MR) is 98.4 cm³/mol. The van der Waals surface area contributed by atoms with Crippen molar-refractivity contribution < 1.29 is 24.2 Å². The van der Waals surface area contributed by atoms with Gasteiger partial charge >= 0.3 is 11.9 Å². The molecule has 1 N–H and O–H groups in total. The molecule has 0 aromatic heterocycles. The van der Waals surface area contributed by atoms with Crippen LogP contribution in [0, 0.1) is 22.7 Å². The highest BCUT2D eigenvalue weighted by atomic mass is 16.5. The van der Waals surface area contributed by atoms with Gasteiger partial charge in [-0.15, -0.1) is 0 Å². The molecular formula is C21H28O5. The van der Waals surface area contributed by atoms with Crippen molar-refractivity contribution in [2.24, 2.45) is 22.7 Å². The van der Waals surface area contributed by atoms with Gasteiger partial charge in [0.25, 0.3) is 0 Å². The molecule has 0 saturated heterocycles. The summed E-state index contributed by atoms with van der Waals surface area (Å²) in [6.45, 7) is 9.20. The van der Waals surface area contributed by atoms with E-state index in [9.17, 15) is 19.5 Å². The molecule has 0 bridgehead atoms. The zero-order valence-corrected chi connectivity index (χ0v) is 16.4. The van der Waals surface area contributed by atoms with Crippen molar-refractivity contribution in [2.45, 2.75) is 47.5 Å². The number of esters is 1. The Morgan fingerprint density at radius 1 is 1.35 bits per heavy atom. The predicted octanol–water partition coefficient (Wildman–Crippen LogP) is 3.70. The standard InChI is InChI=1S/C21H28O5/c1-7-8-9-14-13(3)15(11-16(14)22)21(19(24)25)17(20(21,4)5)10-12(2)18(23)26-6/h7-8,10,15,17H,9,11H2,1-6H3,(H,24,25). The van der Waals surface area contributed by atoms with Gasteiger partial charge in [-0.3, -0.25) is 9.59 Å². The van der Waals surface area contributed by atoms with E-state index >= 15 is 0 Å². The number of carbonyl (C=O) groups excluding carboxylic acids is 2. The van der Waals surface area contributed by atoms with Gasteiger partial charge in [-0.05, 0) is 38.2 Å². The number of rotatable bonds is 6. The number of methoxy groups -OCH3 is 1. The molecule has 2 aliphatic rings. The van der Waals surface area contributed by atoms with Crippen LogP contribution >= 0.6 is 0 Å². The Balaban J connectivity index is 2.50. The molecule has 2 aliphatic carbocycles. The molecule has 5 nitrogen and oxygen atoms in total. The summed E-state index contributed by atoms with van der Waals surface area (Å²) >= 11 is 0. The molecule has 2 rings (SSSR count). The van der Waals surface area contributed by atoms with Crippen LogP contribution in [-0.4, -0.2) is 29.9 Å². The third-order valence-corrected chi connectivity index (χ3v) is 6.36. The van der Waals surface area contributed by atoms with Gasteiger partial charge in [-0.1, -0.05) is 37.6 Å². The van der Waals surface area contributed by atoms with Gasteiger partial charge in [0.2, 0.25) is 0 Å². The van der Waals surface area contributed by atoms with Crippen LogP contribution < -0.4 is 0 Å². The lowest BCUT2D eigenvalue weighted by molar-refractivity contribution is -0.147. The number of hydrogen-bond donors (Lipinski definition) is 1. The van der Waals surface area contributed by atoms with E-state index in [1.165, 1.54) is 7.11 Å². The zero-order chi connectivity index (χ0) is 19.9. The van der Waals surface area contributed by atoms with Gasteiger partial charge in [0.05, 0.1) is 12.5 Å². The highest BCUT2D eigenvalue weighted by Gasteiger charge is 2.78. The van der Waals surface area contributed by atoms with Crippen molar-refractivity contribution >= 4 is 17.7 Å². The van der Waals surface area contributed by atoms with Gasteiger partial charge in [-0.25, -0.2) is 4.79 Å². The lowest BCUT2D eigenvalue weighted by Crippen LogP contribution is -2.31. The van der Waals surface area contributed by atoms with Crippen molar-refractivity contribution in [1.29, 1.82) is 0 Å². The molecule has 0 aliphatic heterocycles. The number of Topliss-reactive ketones (excluding diaryl/α,β-unsaturated/α-hetero) is 1. The van der Waals surface area contributed by atoms with Crippen molar-refractivity contribution in [1.82, 2.24) is 0 Å². The van der Waals surface area contributed by atoms with E-state index in [0.29, 0.717) is 12.0 Å². The highest BCUT2D eigenvalue weighted by molar-refractivity contribution is 6.01. The van der Waals surface area contributed by atoms with Crippen molar-refractivity contribution in [3.63, 3.8) is 0 Å². The lowest BCUT2D eigenvalue weighted by atomic mass is 9.78. The largest absolute Gasteiger partial charge is 0.481 e. The molecule has 1 saturated carbocycles. The Hall–Kier alpha value is -2.17. The molecule has 0 amide bonds. The van der Waals surface area contributed by atoms with E-state index in [2.05, 4.69) is 0 Å². The number of carbonyl (C=O) groups is 3. The number of ketones is 1. The van der Waals surface area contributed by atoms with E-state index in [0.717, 1.165) is 11.1 Å². The molecular weight excluding hydrogens is 332 g/mol. The smallest absolute Gasteiger partial charge is 0.333 e. The Morgan fingerprint density at radius 2 is 1.96 bits per heavy atom. The first-order valence-corrected chi connectivity index (χ1v) is 8.91. The molecule has 0 heterocycles. The molecule has 26 heavy (non-hydrogen) atoms. The summed E-state index contributed by atoms with van der Waals surface area (Å²) in [6, 6.07) is 0. The minimum absolute atomic E-state index is 0.0290. The first-order valence-electron chi connectivity index (χ1n) is 8.91.